The van der Waals surface area contributed by atoms with Crippen LogP contribution in [0.5, 0.6) is 0 Å². The van der Waals surface area contributed by atoms with Gasteiger partial charge in [-0.3, -0.25) is 0 Å². The molecule has 1 heterocycles. The molecule has 1 aromatic rings. The van der Waals surface area contributed by atoms with Crippen LogP contribution in [0.2, 0.25) is 0 Å². The lowest BCUT2D eigenvalue weighted by Gasteiger charge is -2.02. The molecule has 66 valence electrons. The van der Waals surface area contributed by atoms with E-state index in [0.717, 1.165) is 18.8 Å². The first-order valence-electron chi connectivity index (χ1n) is 4.17. The maximum absolute atomic E-state index is 10.6. The molecule has 0 atom stereocenters. The Morgan fingerprint density at radius 3 is 2.92 bits per heavy atom. The molecule has 0 unspecified atom stereocenters. The minimum absolute atomic E-state index is 0.257. The van der Waals surface area contributed by atoms with E-state index >= 15 is 0 Å². The van der Waals surface area contributed by atoms with Crippen LogP contribution in [0.4, 0.5) is 0 Å². The third-order valence-electron chi connectivity index (χ3n) is 1.85. The van der Waals surface area contributed by atoms with Crippen LogP contribution >= 0.6 is 0 Å². The third-order valence-corrected chi connectivity index (χ3v) is 1.85. The number of hydrogen-bond acceptors (Lipinski definition) is 2. The Morgan fingerprint density at radius 2 is 2.42 bits per heavy atom. The number of Topliss-reactive ketones (excluding diaryl/α,β-unsaturated/α-hetero) is 1. The van der Waals surface area contributed by atoms with Gasteiger partial charge in [0.15, 0.2) is 0 Å². The predicted octanol–water partition coefficient (Wildman–Crippen LogP) is 1.56. The Bertz CT molecular complexity index is 265. The molecule has 0 aromatic carbocycles. The SMILES string of the molecule is CC(=O)CCCn1ccnc1C. The van der Waals surface area contributed by atoms with Crippen molar-refractivity contribution in [2.45, 2.75) is 33.2 Å². The van der Waals surface area contributed by atoms with Gasteiger partial charge in [0, 0.05) is 25.4 Å². The molecule has 1 aromatic heterocycles. The summed E-state index contributed by atoms with van der Waals surface area (Å²) in [5.41, 5.74) is 0. The number of hydrogen-bond donors (Lipinski definition) is 0. The Labute approximate surface area is 72.4 Å². The minimum atomic E-state index is 0.257. The molecule has 0 saturated heterocycles. The van der Waals surface area contributed by atoms with Gasteiger partial charge in [-0.1, -0.05) is 0 Å². The van der Waals surface area contributed by atoms with Crippen LogP contribution in [-0.2, 0) is 11.3 Å². The van der Waals surface area contributed by atoms with E-state index < -0.39 is 0 Å². The Balaban J connectivity index is 2.33. The predicted molar refractivity (Wildman–Crippen MR) is 46.9 cm³/mol. The number of carbonyl (C=O) groups excluding carboxylic acids is 1. The van der Waals surface area contributed by atoms with Crippen LogP contribution in [0, 0.1) is 6.92 Å². The lowest BCUT2D eigenvalue weighted by Crippen LogP contribution is -2.01. The number of nitrogens with zero attached hydrogens (tertiary/aromatic N) is 2. The lowest BCUT2D eigenvalue weighted by atomic mass is 10.2. The van der Waals surface area contributed by atoms with Crippen molar-refractivity contribution in [3.8, 4) is 0 Å². The fourth-order valence-electron chi connectivity index (χ4n) is 1.14. The van der Waals surface area contributed by atoms with E-state index in [1.807, 2.05) is 13.1 Å². The van der Waals surface area contributed by atoms with Gasteiger partial charge in [-0.05, 0) is 20.3 Å². The highest BCUT2D eigenvalue weighted by Gasteiger charge is 1.97. The fraction of sp³-hybridized carbons (Fsp3) is 0.556. The summed E-state index contributed by atoms with van der Waals surface area (Å²) in [4.78, 5) is 14.7. The molecular weight excluding hydrogens is 152 g/mol. The van der Waals surface area contributed by atoms with E-state index in [1.54, 1.807) is 13.1 Å². The monoisotopic (exact) mass is 166 g/mol. The minimum Gasteiger partial charge on any atom is -0.335 e. The quantitative estimate of drug-likeness (QED) is 0.680. The van der Waals surface area contributed by atoms with Gasteiger partial charge >= 0.3 is 0 Å². The molecule has 3 heteroatoms. The normalized spacial score (nSPS) is 10.2. The van der Waals surface area contributed by atoms with Gasteiger partial charge in [0.1, 0.15) is 11.6 Å². The van der Waals surface area contributed by atoms with Gasteiger partial charge in [-0.25, -0.2) is 4.98 Å². The summed E-state index contributed by atoms with van der Waals surface area (Å²) in [5, 5.41) is 0. The molecule has 0 fully saturated rings. The van der Waals surface area contributed by atoms with Crippen molar-refractivity contribution in [3.05, 3.63) is 18.2 Å². The average molecular weight is 166 g/mol. The van der Waals surface area contributed by atoms with Crippen LogP contribution in [0.15, 0.2) is 12.4 Å². The van der Waals surface area contributed by atoms with Crippen LogP contribution in [0.25, 0.3) is 0 Å². The maximum Gasteiger partial charge on any atom is 0.129 e. The second kappa shape index (κ2) is 4.04. The highest BCUT2D eigenvalue weighted by Crippen LogP contribution is 1.99. The van der Waals surface area contributed by atoms with Crippen molar-refractivity contribution >= 4 is 5.78 Å². The summed E-state index contributed by atoms with van der Waals surface area (Å²) in [6.07, 6.45) is 5.29. The highest BCUT2D eigenvalue weighted by molar-refractivity contribution is 5.75. The number of aromatic nitrogens is 2. The Hall–Kier alpha value is -1.12. The van der Waals surface area contributed by atoms with Crippen molar-refractivity contribution in [1.29, 1.82) is 0 Å². The third kappa shape index (κ3) is 2.49. The zero-order valence-corrected chi connectivity index (χ0v) is 7.58. The maximum atomic E-state index is 10.6. The average Bonchev–Trinajstić information content (AvgIpc) is 2.36. The van der Waals surface area contributed by atoms with E-state index in [0.29, 0.717) is 6.42 Å². The first kappa shape index (κ1) is 8.97. The van der Waals surface area contributed by atoms with Crippen LogP contribution in [0.3, 0.4) is 0 Å². The molecule has 0 aliphatic rings. The van der Waals surface area contributed by atoms with Gasteiger partial charge in [0.2, 0.25) is 0 Å². The largest absolute Gasteiger partial charge is 0.335 e. The second-order valence-electron chi connectivity index (χ2n) is 2.97. The van der Waals surface area contributed by atoms with Crippen molar-refractivity contribution in [2.75, 3.05) is 0 Å². The van der Waals surface area contributed by atoms with Crippen LogP contribution in [-0.4, -0.2) is 15.3 Å². The Morgan fingerprint density at radius 1 is 1.67 bits per heavy atom. The van der Waals surface area contributed by atoms with Crippen molar-refractivity contribution < 1.29 is 4.79 Å². The summed E-state index contributed by atoms with van der Waals surface area (Å²) in [7, 11) is 0. The van der Waals surface area contributed by atoms with Crippen LogP contribution in [0.1, 0.15) is 25.6 Å². The number of aryl methyl sites for hydroxylation is 2. The molecule has 0 spiro atoms. The molecule has 0 saturated carbocycles. The molecule has 1 rings (SSSR count). The topological polar surface area (TPSA) is 34.9 Å². The van der Waals surface area contributed by atoms with Crippen molar-refractivity contribution in [2.24, 2.45) is 0 Å². The van der Waals surface area contributed by atoms with Gasteiger partial charge < -0.3 is 9.36 Å². The summed E-state index contributed by atoms with van der Waals surface area (Å²) >= 11 is 0. The molecule has 0 N–H and O–H groups in total. The van der Waals surface area contributed by atoms with E-state index in [1.165, 1.54) is 0 Å². The molecule has 0 aliphatic heterocycles. The number of imidazole rings is 1. The van der Waals surface area contributed by atoms with Crippen LogP contribution < -0.4 is 0 Å². The van der Waals surface area contributed by atoms with Gasteiger partial charge in [-0.2, -0.15) is 0 Å². The number of carbonyl (C=O) groups is 1. The molecule has 3 nitrogen and oxygen atoms in total. The summed E-state index contributed by atoms with van der Waals surface area (Å²) in [6.45, 7) is 4.49. The first-order valence-corrected chi connectivity index (χ1v) is 4.17. The smallest absolute Gasteiger partial charge is 0.129 e. The standard InChI is InChI=1S/C9H14N2O/c1-8(12)4-3-6-11-7-5-10-9(11)2/h5,7H,3-4,6H2,1-2H3. The summed E-state index contributed by atoms with van der Waals surface area (Å²) in [5.74, 6) is 1.27. The van der Waals surface area contributed by atoms with E-state index in [-0.39, 0.29) is 5.78 Å². The highest BCUT2D eigenvalue weighted by atomic mass is 16.1. The van der Waals surface area contributed by atoms with Crippen molar-refractivity contribution in [3.63, 3.8) is 0 Å². The van der Waals surface area contributed by atoms with E-state index in [9.17, 15) is 4.79 Å². The molecule has 12 heavy (non-hydrogen) atoms. The van der Waals surface area contributed by atoms with Gasteiger partial charge in [0.25, 0.3) is 0 Å². The summed E-state index contributed by atoms with van der Waals surface area (Å²) < 4.78 is 2.06. The molecule has 0 aliphatic carbocycles. The first-order chi connectivity index (χ1) is 5.70. The van der Waals surface area contributed by atoms with E-state index in [4.69, 9.17) is 0 Å². The second-order valence-corrected chi connectivity index (χ2v) is 2.97. The molecule has 0 amide bonds. The number of ketones is 1. The molecular formula is C9H14N2O. The zero-order valence-electron chi connectivity index (χ0n) is 7.58. The molecule has 0 radical (unpaired) electrons. The molecule has 0 bridgehead atoms. The van der Waals surface area contributed by atoms with Crippen molar-refractivity contribution in [1.82, 2.24) is 9.55 Å². The Kier molecular flexibility index (Phi) is 3.02. The summed E-state index contributed by atoms with van der Waals surface area (Å²) in [6, 6.07) is 0. The zero-order chi connectivity index (χ0) is 8.97. The lowest BCUT2D eigenvalue weighted by molar-refractivity contribution is -0.117. The van der Waals surface area contributed by atoms with Gasteiger partial charge in [-0.15, -0.1) is 0 Å². The fourth-order valence-corrected chi connectivity index (χ4v) is 1.14. The number of rotatable bonds is 4. The van der Waals surface area contributed by atoms with Gasteiger partial charge in [0.05, 0.1) is 0 Å². The van der Waals surface area contributed by atoms with E-state index in [2.05, 4.69) is 9.55 Å².